The summed E-state index contributed by atoms with van der Waals surface area (Å²) >= 11 is 0. The van der Waals surface area contributed by atoms with Gasteiger partial charge in [-0.1, -0.05) is 320 Å². The van der Waals surface area contributed by atoms with Crippen molar-refractivity contribution in [2.75, 3.05) is 13.2 Å². The van der Waals surface area contributed by atoms with Crippen molar-refractivity contribution in [1.82, 2.24) is 0 Å². The van der Waals surface area contributed by atoms with Crippen molar-refractivity contribution in [3.05, 3.63) is 48.6 Å². The third-order valence-corrected chi connectivity index (χ3v) is 14.6. The third-order valence-electron chi connectivity index (χ3n) is 14.6. The van der Waals surface area contributed by atoms with Crippen LogP contribution in [0.1, 0.15) is 348 Å². The summed E-state index contributed by atoms with van der Waals surface area (Å²) in [5, 5.41) is 0. The van der Waals surface area contributed by atoms with Crippen LogP contribution in [0.4, 0.5) is 0 Å². The Labute approximate surface area is 460 Å². The number of hydrogen-bond acceptors (Lipinski definition) is 6. The highest BCUT2D eigenvalue weighted by molar-refractivity contribution is 5.71. The number of allylic oxidation sites excluding steroid dienone is 8. The van der Waals surface area contributed by atoms with Gasteiger partial charge in [0, 0.05) is 19.3 Å². The summed E-state index contributed by atoms with van der Waals surface area (Å²) in [6.45, 7) is 6.52. The highest BCUT2D eigenvalue weighted by Crippen LogP contribution is 2.18. The first-order chi connectivity index (χ1) is 36.5. The molecule has 1 unspecified atom stereocenters. The second kappa shape index (κ2) is 62.9. The molecule has 0 amide bonds. The van der Waals surface area contributed by atoms with Crippen LogP contribution in [0.25, 0.3) is 0 Å². The van der Waals surface area contributed by atoms with E-state index in [0.29, 0.717) is 19.3 Å². The fraction of sp³-hybridized carbons (Fsp3) is 0.838. The van der Waals surface area contributed by atoms with Gasteiger partial charge in [0.05, 0.1) is 0 Å². The van der Waals surface area contributed by atoms with Gasteiger partial charge in [0.1, 0.15) is 13.2 Å². The van der Waals surface area contributed by atoms with Crippen molar-refractivity contribution >= 4 is 17.9 Å². The van der Waals surface area contributed by atoms with Gasteiger partial charge in [-0.3, -0.25) is 14.4 Å². The number of unbranched alkanes of at least 4 members (excludes halogenated alkanes) is 41. The summed E-state index contributed by atoms with van der Waals surface area (Å²) in [5.41, 5.74) is 0. The van der Waals surface area contributed by atoms with Crippen molar-refractivity contribution in [3.8, 4) is 0 Å². The molecule has 0 aliphatic heterocycles. The van der Waals surface area contributed by atoms with Gasteiger partial charge in [-0.05, 0) is 57.8 Å². The van der Waals surface area contributed by atoms with Crippen LogP contribution in [0.3, 0.4) is 0 Å². The molecule has 0 radical (unpaired) electrons. The minimum Gasteiger partial charge on any atom is -0.462 e. The smallest absolute Gasteiger partial charge is 0.306 e. The first-order valence-electron chi connectivity index (χ1n) is 32.6. The highest BCUT2D eigenvalue weighted by Gasteiger charge is 2.19. The number of carbonyl (C=O) groups is 3. The summed E-state index contributed by atoms with van der Waals surface area (Å²) in [4.78, 5) is 38.0. The van der Waals surface area contributed by atoms with Crippen LogP contribution in [0.15, 0.2) is 48.6 Å². The van der Waals surface area contributed by atoms with E-state index in [0.717, 1.165) is 83.5 Å². The van der Waals surface area contributed by atoms with Crippen molar-refractivity contribution < 1.29 is 28.6 Å². The molecule has 0 spiro atoms. The fourth-order valence-electron chi connectivity index (χ4n) is 9.73. The van der Waals surface area contributed by atoms with Crippen LogP contribution in [0.2, 0.25) is 0 Å². The summed E-state index contributed by atoms with van der Waals surface area (Å²) in [6, 6.07) is 0. The van der Waals surface area contributed by atoms with Crippen LogP contribution in [0.5, 0.6) is 0 Å². The number of carbonyl (C=O) groups excluding carboxylic acids is 3. The van der Waals surface area contributed by atoms with E-state index in [1.807, 2.05) is 0 Å². The maximum atomic E-state index is 12.8. The Morgan fingerprint density at radius 3 is 0.824 bits per heavy atom. The topological polar surface area (TPSA) is 78.9 Å². The van der Waals surface area contributed by atoms with Crippen LogP contribution < -0.4 is 0 Å². The Morgan fingerprint density at radius 2 is 0.527 bits per heavy atom. The van der Waals surface area contributed by atoms with E-state index in [9.17, 15) is 14.4 Å². The molecular formula is C68H124O6. The fourth-order valence-corrected chi connectivity index (χ4v) is 9.73. The second-order valence-electron chi connectivity index (χ2n) is 22.0. The molecule has 0 saturated carbocycles. The van der Waals surface area contributed by atoms with Crippen LogP contribution in [-0.4, -0.2) is 37.2 Å². The Kier molecular flexibility index (Phi) is 60.7. The largest absolute Gasteiger partial charge is 0.462 e. The summed E-state index contributed by atoms with van der Waals surface area (Å²) in [6.07, 6.45) is 78.8. The molecule has 0 aromatic heterocycles. The zero-order valence-electron chi connectivity index (χ0n) is 49.6. The van der Waals surface area contributed by atoms with Crippen LogP contribution in [-0.2, 0) is 28.6 Å². The minimum absolute atomic E-state index is 0.0706. The standard InChI is InChI=1S/C68H124O6/c1-4-7-10-13-16-18-20-22-24-26-28-30-32-33-34-35-37-38-40-42-44-46-48-50-52-55-58-61-67(70)73-64-65(63-72-66(69)60-57-54-15-12-9-6-3)74-68(71)62-59-56-53-51-49-47-45-43-41-39-36-31-29-27-25-23-21-19-17-14-11-8-5-2/h8,11,17,19,23,25,29,31,65H,4-7,9-10,12-16,18,20-22,24,26-28,30,32-64H2,1-3H3/b11-8-,19-17-,25-23-,31-29-. The predicted octanol–water partition coefficient (Wildman–Crippen LogP) is 22.2. The Bertz CT molecular complexity index is 1280. The predicted molar refractivity (Wildman–Crippen MR) is 321 cm³/mol. The van der Waals surface area contributed by atoms with E-state index >= 15 is 0 Å². The first kappa shape index (κ1) is 71.4. The van der Waals surface area contributed by atoms with E-state index in [-0.39, 0.29) is 31.1 Å². The zero-order valence-corrected chi connectivity index (χ0v) is 49.6. The molecule has 0 bridgehead atoms. The molecule has 1 atom stereocenters. The maximum Gasteiger partial charge on any atom is 0.306 e. The van der Waals surface area contributed by atoms with E-state index < -0.39 is 6.10 Å². The van der Waals surface area contributed by atoms with Gasteiger partial charge in [0.2, 0.25) is 0 Å². The van der Waals surface area contributed by atoms with Crippen molar-refractivity contribution in [2.24, 2.45) is 0 Å². The lowest BCUT2D eigenvalue weighted by molar-refractivity contribution is -0.167. The highest BCUT2D eigenvalue weighted by atomic mass is 16.6. The Balaban J connectivity index is 4.02. The molecule has 0 aromatic carbocycles. The van der Waals surface area contributed by atoms with Gasteiger partial charge < -0.3 is 14.2 Å². The van der Waals surface area contributed by atoms with Crippen molar-refractivity contribution in [2.45, 2.75) is 354 Å². The molecule has 74 heavy (non-hydrogen) atoms. The van der Waals surface area contributed by atoms with Gasteiger partial charge in [-0.25, -0.2) is 0 Å². The number of rotatable bonds is 60. The normalized spacial score (nSPS) is 12.3. The van der Waals surface area contributed by atoms with Gasteiger partial charge >= 0.3 is 17.9 Å². The van der Waals surface area contributed by atoms with E-state index in [1.165, 1.54) is 225 Å². The lowest BCUT2D eigenvalue weighted by Gasteiger charge is -2.18. The summed E-state index contributed by atoms with van der Waals surface area (Å²) in [5.74, 6) is -0.866. The molecule has 6 heteroatoms. The van der Waals surface area contributed by atoms with Crippen molar-refractivity contribution in [3.63, 3.8) is 0 Å². The number of hydrogen-bond donors (Lipinski definition) is 0. The average Bonchev–Trinajstić information content (AvgIpc) is 3.40. The molecule has 0 aliphatic carbocycles. The average molecular weight is 1040 g/mol. The second-order valence-corrected chi connectivity index (χ2v) is 22.0. The van der Waals surface area contributed by atoms with Gasteiger partial charge in [-0.2, -0.15) is 0 Å². The molecule has 0 saturated heterocycles. The zero-order chi connectivity index (χ0) is 53.6. The molecule has 0 aliphatic rings. The molecule has 6 nitrogen and oxygen atoms in total. The van der Waals surface area contributed by atoms with Gasteiger partial charge in [-0.15, -0.1) is 0 Å². The number of ether oxygens (including phenoxy) is 3. The maximum absolute atomic E-state index is 12.8. The van der Waals surface area contributed by atoms with Gasteiger partial charge in [0.25, 0.3) is 0 Å². The van der Waals surface area contributed by atoms with Gasteiger partial charge in [0.15, 0.2) is 6.10 Å². The minimum atomic E-state index is -0.771. The Morgan fingerprint density at radius 1 is 0.284 bits per heavy atom. The molecular weight excluding hydrogens is 913 g/mol. The van der Waals surface area contributed by atoms with E-state index in [4.69, 9.17) is 14.2 Å². The molecule has 0 fully saturated rings. The molecule has 0 N–H and O–H groups in total. The number of esters is 3. The monoisotopic (exact) mass is 1040 g/mol. The first-order valence-corrected chi connectivity index (χ1v) is 32.6. The lowest BCUT2D eigenvalue weighted by atomic mass is 10.0. The lowest BCUT2D eigenvalue weighted by Crippen LogP contribution is -2.30. The molecule has 432 valence electrons. The molecule has 0 heterocycles. The van der Waals surface area contributed by atoms with Crippen LogP contribution in [0, 0.1) is 0 Å². The quantitative estimate of drug-likeness (QED) is 0.0261. The van der Waals surface area contributed by atoms with Crippen molar-refractivity contribution in [1.29, 1.82) is 0 Å². The van der Waals surface area contributed by atoms with E-state index in [1.54, 1.807) is 0 Å². The summed E-state index contributed by atoms with van der Waals surface area (Å²) < 4.78 is 16.8. The third kappa shape index (κ3) is 60.2. The van der Waals surface area contributed by atoms with Crippen LogP contribution >= 0.6 is 0 Å². The SMILES string of the molecule is CC/C=C\C/C=C\C/C=C\C/C=C\CCCCCCCCCCCCC(=O)OC(COC(=O)CCCCCCCC)COC(=O)CCCCCCCCCCCCCCCCCCCCCCCCCCCCC. The van der Waals surface area contributed by atoms with E-state index in [2.05, 4.69) is 69.4 Å². The summed E-state index contributed by atoms with van der Waals surface area (Å²) in [7, 11) is 0. The Hall–Kier alpha value is -2.63. The molecule has 0 rings (SSSR count). The molecule has 0 aromatic rings.